The Balaban J connectivity index is 2.43. The van der Waals surface area contributed by atoms with Crippen LogP contribution in [0.1, 0.15) is 36.9 Å². The molecule has 0 aliphatic heterocycles. The van der Waals surface area contributed by atoms with Crippen molar-refractivity contribution >= 4 is 11.3 Å². The normalized spacial score (nSPS) is 14.2. The number of halogens is 4. The molecule has 0 amide bonds. The van der Waals surface area contributed by atoms with Crippen molar-refractivity contribution in [2.24, 2.45) is 0 Å². The molecule has 1 unspecified atom stereocenters. The minimum Gasteiger partial charge on any atom is -0.368 e. The summed E-state index contributed by atoms with van der Waals surface area (Å²) in [5.74, 6) is -3.81. The Hall–Kier alpha value is -0.690. The predicted molar refractivity (Wildman–Crippen MR) is 61.4 cm³/mol. The lowest BCUT2D eigenvalue weighted by molar-refractivity contribution is -0.168. The highest BCUT2D eigenvalue weighted by atomic mass is 32.1. The van der Waals surface area contributed by atoms with E-state index in [-0.39, 0.29) is 12.5 Å². The molecule has 0 N–H and O–H groups in total. The van der Waals surface area contributed by atoms with Crippen LogP contribution in [0.15, 0.2) is 5.38 Å². The highest BCUT2D eigenvalue weighted by molar-refractivity contribution is 7.09. The summed E-state index contributed by atoms with van der Waals surface area (Å²) in [5.41, 5.74) is 0.877. The van der Waals surface area contributed by atoms with Gasteiger partial charge in [-0.3, -0.25) is 0 Å². The van der Waals surface area contributed by atoms with Crippen molar-refractivity contribution in [3.8, 4) is 0 Å². The molecule has 0 aliphatic rings. The molecule has 2 nitrogen and oxygen atoms in total. The van der Waals surface area contributed by atoms with Crippen molar-refractivity contribution in [2.75, 3.05) is 6.61 Å². The van der Waals surface area contributed by atoms with Crippen LogP contribution in [0.3, 0.4) is 0 Å². The number of ether oxygens (including phenoxy) is 1. The molecular weight excluding hydrogens is 270 g/mol. The standard InChI is InChI=1S/C11H15F4NOS/c1-3-7(2)8-5-18-9(16-8)4-17-6-11(14,15)10(12)13/h5,7,10H,3-4,6H2,1-2H3. The summed E-state index contributed by atoms with van der Waals surface area (Å²) in [6.45, 7) is 2.57. The summed E-state index contributed by atoms with van der Waals surface area (Å²) in [4.78, 5) is 4.21. The van der Waals surface area contributed by atoms with Crippen LogP contribution >= 0.6 is 11.3 Å². The second-order valence-corrected chi connectivity index (χ2v) is 4.97. The molecule has 0 saturated carbocycles. The van der Waals surface area contributed by atoms with Crippen LogP contribution in [0.25, 0.3) is 0 Å². The van der Waals surface area contributed by atoms with Crippen molar-refractivity contribution < 1.29 is 22.3 Å². The maximum atomic E-state index is 12.5. The minimum atomic E-state index is -4.10. The SMILES string of the molecule is CCC(C)c1csc(COCC(F)(F)C(F)F)n1. The Morgan fingerprint density at radius 2 is 2.11 bits per heavy atom. The first-order chi connectivity index (χ1) is 8.36. The Bertz CT molecular complexity index is 370. The maximum absolute atomic E-state index is 12.5. The molecule has 0 spiro atoms. The summed E-state index contributed by atoms with van der Waals surface area (Å²) in [7, 11) is 0. The van der Waals surface area contributed by atoms with Gasteiger partial charge < -0.3 is 4.74 Å². The first kappa shape index (κ1) is 15.4. The maximum Gasteiger partial charge on any atom is 0.330 e. The second-order valence-electron chi connectivity index (χ2n) is 4.03. The Morgan fingerprint density at radius 1 is 1.44 bits per heavy atom. The lowest BCUT2D eigenvalue weighted by atomic mass is 10.1. The molecule has 7 heteroatoms. The van der Waals surface area contributed by atoms with Crippen LogP contribution in [0, 0.1) is 0 Å². The third-order valence-electron chi connectivity index (χ3n) is 2.53. The Kier molecular flexibility index (Phi) is 5.52. The summed E-state index contributed by atoms with van der Waals surface area (Å²) in [5, 5.41) is 2.35. The number of thiazole rings is 1. The van der Waals surface area contributed by atoms with E-state index in [1.165, 1.54) is 11.3 Å². The zero-order valence-corrected chi connectivity index (χ0v) is 10.9. The fourth-order valence-corrected chi connectivity index (χ4v) is 2.02. The van der Waals surface area contributed by atoms with Crippen LogP contribution in [0.4, 0.5) is 17.6 Å². The van der Waals surface area contributed by atoms with Gasteiger partial charge in [0.05, 0.1) is 12.3 Å². The molecular formula is C11H15F4NOS. The van der Waals surface area contributed by atoms with Crippen molar-refractivity contribution in [1.82, 2.24) is 4.98 Å². The lowest BCUT2D eigenvalue weighted by Crippen LogP contribution is -2.32. The molecule has 0 radical (unpaired) electrons. The number of hydrogen-bond donors (Lipinski definition) is 0. The van der Waals surface area contributed by atoms with E-state index in [0.717, 1.165) is 12.1 Å². The molecule has 0 aromatic carbocycles. The van der Waals surface area contributed by atoms with Gasteiger partial charge in [0.25, 0.3) is 0 Å². The van der Waals surface area contributed by atoms with Gasteiger partial charge in [-0.1, -0.05) is 13.8 Å². The number of rotatable bonds is 7. The molecule has 0 fully saturated rings. The molecule has 1 rings (SSSR count). The molecule has 1 aromatic heterocycles. The van der Waals surface area contributed by atoms with Crippen LogP contribution in [-0.4, -0.2) is 23.9 Å². The average Bonchev–Trinajstić information content (AvgIpc) is 2.76. The fourth-order valence-electron chi connectivity index (χ4n) is 1.16. The average molecular weight is 285 g/mol. The monoisotopic (exact) mass is 285 g/mol. The van der Waals surface area contributed by atoms with Crippen molar-refractivity contribution in [2.45, 2.75) is 45.1 Å². The van der Waals surface area contributed by atoms with E-state index in [1.54, 1.807) is 0 Å². The van der Waals surface area contributed by atoms with E-state index in [9.17, 15) is 17.6 Å². The van der Waals surface area contributed by atoms with Gasteiger partial charge in [-0.15, -0.1) is 11.3 Å². The van der Waals surface area contributed by atoms with Crippen molar-refractivity contribution in [1.29, 1.82) is 0 Å². The quantitative estimate of drug-likeness (QED) is 0.704. The summed E-state index contributed by atoms with van der Waals surface area (Å²) in [6, 6.07) is 0. The first-order valence-corrected chi connectivity index (χ1v) is 6.42. The molecule has 18 heavy (non-hydrogen) atoms. The van der Waals surface area contributed by atoms with E-state index in [4.69, 9.17) is 0 Å². The molecule has 0 aliphatic carbocycles. The third kappa shape index (κ3) is 4.20. The second kappa shape index (κ2) is 6.47. The van der Waals surface area contributed by atoms with Crippen LogP contribution in [-0.2, 0) is 11.3 Å². The van der Waals surface area contributed by atoms with Gasteiger partial charge in [0.15, 0.2) is 0 Å². The van der Waals surface area contributed by atoms with Gasteiger partial charge in [-0.2, -0.15) is 8.78 Å². The van der Waals surface area contributed by atoms with Gasteiger partial charge in [0.1, 0.15) is 11.6 Å². The van der Waals surface area contributed by atoms with Gasteiger partial charge >= 0.3 is 12.3 Å². The molecule has 1 atom stereocenters. The van der Waals surface area contributed by atoms with Crippen molar-refractivity contribution in [3.63, 3.8) is 0 Å². The molecule has 1 heterocycles. The van der Waals surface area contributed by atoms with Crippen LogP contribution < -0.4 is 0 Å². The number of alkyl halides is 4. The zero-order chi connectivity index (χ0) is 13.8. The fraction of sp³-hybridized carbons (Fsp3) is 0.727. The summed E-state index contributed by atoms with van der Waals surface area (Å²) < 4.78 is 53.4. The predicted octanol–water partition coefficient (Wildman–Crippen LogP) is 4.07. The van der Waals surface area contributed by atoms with E-state index in [1.807, 2.05) is 19.2 Å². The largest absolute Gasteiger partial charge is 0.368 e. The minimum absolute atomic E-state index is 0.163. The molecule has 1 aromatic rings. The van der Waals surface area contributed by atoms with E-state index >= 15 is 0 Å². The summed E-state index contributed by atoms with van der Waals surface area (Å²) >= 11 is 1.28. The molecule has 0 saturated heterocycles. The number of aromatic nitrogens is 1. The highest BCUT2D eigenvalue weighted by Gasteiger charge is 2.40. The highest BCUT2D eigenvalue weighted by Crippen LogP contribution is 2.24. The Labute approximate surface area is 107 Å². The van der Waals surface area contributed by atoms with Gasteiger partial charge in [0, 0.05) is 5.38 Å². The number of hydrogen-bond acceptors (Lipinski definition) is 3. The Morgan fingerprint density at radius 3 is 2.67 bits per heavy atom. The molecule has 0 bridgehead atoms. The zero-order valence-electron chi connectivity index (χ0n) is 10.1. The van der Waals surface area contributed by atoms with Crippen molar-refractivity contribution in [3.05, 3.63) is 16.1 Å². The molecule has 104 valence electrons. The first-order valence-electron chi connectivity index (χ1n) is 5.54. The van der Waals surface area contributed by atoms with Gasteiger partial charge in [0.2, 0.25) is 0 Å². The van der Waals surface area contributed by atoms with E-state index in [0.29, 0.717) is 5.01 Å². The smallest absolute Gasteiger partial charge is 0.330 e. The van der Waals surface area contributed by atoms with Gasteiger partial charge in [-0.05, 0) is 12.3 Å². The van der Waals surface area contributed by atoms with Crippen LogP contribution in [0.2, 0.25) is 0 Å². The van der Waals surface area contributed by atoms with E-state index < -0.39 is 19.0 Å². The topological polar surface area (TPSA) is 22.1 Å². The van der Waals surface area contributed by atoms with Gasteiger partial charge in [-0.25, -0.2) is 13.8 Å². The third-order valence-corrected chi connectivity index (χ3v) is 3.37. The lowest BCUT2D eigenvalue weighted by Gasteiger charge is -2.14. The summed E-state index contributed by atoms with van der Waals surface area (Å²) in [6.07, 6.45) is -2.78. The van der Waals surface area contributed by atoms with E-state index in [2.05, 4.69) is 9.72 Å². The van der Waals surface area contributed by atoms with Crippen LogP contribution in [0.5, 0.6) is 0 Å². The number of nitrogens with zero attached hydrogens (tertiary/aromatic N) is 1.